The molecule has 0 spiro atoms. The van der Waals surface area contributed by atoms with E-state index in [4.69, 9.17) is 4.74 Å². The van der Waals surface area contributed by atoms with Crippen LogP contribution in [0.2, 0.25) is 0 Å². The summed E-state index contributed by atoms with van der Waals surface area (Å²) in [5.74, 6) is -1.55. The van der Waals surface area contributed by atoms with Crippen molar-refractivity contribution in [3.05, 3.63) is 90.0 Å². The fraction of sp³-hybridized carbons (Fsp3) is 0.0476. The van der Waals surface area contributed by atoms with E-state index in [1.165, 1.54) is 6.07 Å². The van der Waals surface area contributed by atoms with Gasteiger partial charge in [0.1, 0.15) is 17.4 Å². The van der Waals surface area contributed by atoms with Gasteiger partial charge in [-0.1, -0.05) is 48.5 Å². The number of nitrogens with one attached hydrogen (secondary N) is 1. The van der Waals surface area contributed by atoms with Crippen LogP contribution in [0.4, 0.5) is 8.78 Å². The van der Waals surface area contributed by atoms with Crippen LogP contribution in [0.15, 0.2) is 77.9 Å². The number of halogens is 2. The maximum atomic E-state index is 13.4. The maximum Gasteiger partial charge on any atom is 0.277 e. The normalized spacial score (nSPS) is 10.7. The van der Waals surface area contributed by atoms with Crippen LogP contribution in [-0.4, -0.2) is 18.7 Å². The van der Waals surface area contributed by atoms with E-state index in [-0.39, 0.29) is 12.2 Å². The second-order valence-corrected chi connectivity index (χ2v) is 5.61. The van der Waals surface area contributed by atoms with Gasteiger partial charge in [0.05, 0.1) is 11.8 Å². The van der Waals surface area contributed by atoms with Crippen LogP contribution >= 0.6 is 0 Å². The molecule has 0 heterocycles. The smallest absolute Gasteiger partial charge is 0.277 e. The predicted molar refractivity (Wildman–Crippen MR) is 99.5 cm³/mol. The van der Waals surface area contributed by atoms with Crippen molar-refractivity contribution in [1.82, 2.24) is 5.43 Å². The highest BCUT2D eigenvalue weighted by Gasteiger charge is 2.06. The highest BCUT2D eigenvalue weighted by molar-refractivity contribution is 5.83. The Morgan fingerprint density at radius 2 is 1.52 bits per heavy atom. The second kappa shape index (κ2) is 8.71. The third-order valence-electron chi connectivity index (χ3n) is 3.71. The molecule has 0 fully saturated rings. The van der Waals surface area contributed by atoms with Gasteiger partial charge >= 0.3 is 0 Å². The van der Waals surface area contributed by atoms with E-state index in [1.807, 2.05) is 42.5 Å². The zero-order chi connectivity index (χ0) is 19.1. The van der Waals surface area contributed by atoms with E-state index < -0.39 is 17.5 Å². The summed E-state index contributed by atoms with van der Waals surface area (Å²) in [5.41, 5.74) is 3.95. The number of amides is 1. The van der Waals surface area contributed by atoms with E-state index >= 15 is 0 Å². The van der Waals surface area contributed by atoms with Gasteiger partial charge in [-0.25, -0.2) is 14.2 Å². The van der Waals surface area contributed by atoms with E-state index in [0.717, 1.165) is 29.5 Å². The minimum atomic E-state index is -0.761. The first kappa shape index (κ1) is 18.3. The summed E-state index contributed by atoms with van der Waals surface area (Å²) in [6.07, 6.45) is 0.914. The number of ether oxygens (including phenoxy) is 1. The molecular formula is C21H16F2N2O2. The van der Waals surface area contributed by atoms with Crippen molar-refractivity contribution in [2.45, 2.75) is 0 Å². The zero-order valence-electron chi connectivity index (χ0n) is 14.2. The van der Waals surface area contributed by atoms with Crippen molar-refractivity contribution in [1.29, 1.82) is 0 Å². The standard InChI is InChI=1S/C21H16F2N2O2/c22-19-7-4-8-20(23)18(19)13-24-25-21(26)14-27-17-11-9-16(10-12-17)15-5-2-1-3-6-15/h1-13H,14H2,(H,25,26)/b24-13+. The van der Waals surface area contributed by atoms with Crippen molar-refractivity contribution in [2.24, 2.45) is 5.10 Å². The largest absolute Gasteiger partial charge is 0.484 e. The summed E-state index contributed by atoms with van der Waals surface area (Å²) < 4.78 is 32.2. The van der Waals surface area contributed by atoms with Crippen molar-refractivity contribution in [3.63, 3.8) is 0 Å². The van der Waals surface area contributed by atoms with Gasteiger partial charge in [-0.2, -0.15) is 5.10 Å². The third kappa shape index (κ3) is 4.98. The fourth-order valence-electron chi connectivity index (χ4n) is 2.36. The Labute approximate surface area is 155 Å². The lowest BCUT2D eigenvalue weighted by atomic mass is 10.1. The molecule has 4 nitrogen and oxygen atoms in total. The number of hydrazone groups is 1. The molecule has 1 N–H and O–H groups in total. The van der Waals surface area contributed by atoms with E-state index in [2.05, 4.69) is 10.5 Å². The number of rotatable bonds is 6. The number of carbonyl (C=O) groups is 1. The van der Waals surface area contributed by atoms with Crippen molar-refractivity contribution >= 4 is 12.1 Å². The summed E-state index contributed by atoms with van der Waals surface area (Å²) in [7, 11) is 0. The van der Waals surface area contributed by atoms with Crippen LogP contribution in [-0.2, 0) is 4.79 Å². The molecule has 27 heavy (non-hydrogen) atoms. The fourth-order valence-corrected chi connectivity index (χ4v) is 2.36. The molecule has 6 heteroatoms. The average molecular weight is 366 g/mol. The molecule has 0 saturated carbocycles. The molecule has 0 bridgehead atoms. The molecule has 3 rings (SSSR count). The molecule has 0 aliphatic heterocycles. The highest BCUT2D eigenvalue weighted by atomic mass is 19.1. The van der Waals surface area contributed by atoms with Crippen LogP contribution < -0.4 is 10.2 Å². The number of hydrogen-bond donors (Lipinski definition) is 1. The lowest BCUT2D eigenvalue weighted by Crippen LogP contribution is -2.24. The van der Waals surface area contributed by atoms with E-state index in [9.17, 15) is 13.6 Å². The van der Waals surface area contributed by atoms with Crippen LogP contribution in [0.5, 0.6) is 5.75 Å². The first-order valence-electron chi connectivity index (χ1n) is 8.17. The number of hydrogen-bond acceptors (Lipinski definition) is 3. The van der Waals surface area contributed by atoms with Crippen molar-refractivity contribution in [2.75, 3.05) is 6.61 Å². The topological polar surface area (TPSA) is 50.7 Å². The molecule has 0 atom stereocenters. The molecule has 0 aliphatic carbocycles. The van der Waals surface area contributed by atoms with Gasteiger partial charge in [-0.3, -0.25) is 4.79 Å². The Balaban J connectivity index is 1.51. The molecule has 3 aromatic carbocycles. The molecule has 3 aromatic rings. The minimum absolute atomic E-state index is 0.276. The molecule has 0 unspecified atom stereocenters. The van der Waals surface area contributed by atoms with Gasteiger partial charge in [-0.15, -0.1) is 0 Å². The summed E-state index contributed by atoms with van der Waals surface area (Å²) in [6.45, 7) is -0.276. The monoisotopic (exact) mass is 366 g/mol. The van der Waals surface area contributed by atoms with E-state index in [0.29, 0.717) is 5.75 Å². The number of benzene rings is 3. The summed E-state index contributed by atoms with van der Waals surface area (Å²) >= 11 is 0. The quantitative estimate of drug-likeness (QED) is 0.526. The lowest BCUT2D eigenvalue weighted by Gasteiger charge is -2.06. The maximum absolute atomic E-state index is 13.4. The lowest BCUT2D eigenvalue weighted by molar-refractivity contribution is -0.123. The third-order valence-corrected chi connectivity index (χ3v) is 3.71. The van der Waals surface area contributed by atoms with Gasteiger partial charge in [0.25, 0.3) is 5.91 Å². The molecule has 0 aliphatic rings. The Morgan fingerprint density at radius 1 is 0.889 bits per heavy atom. The Morgan fingerprint density at radius 3 is 2.19 bits per heavy atom. The molecule has 0 aromatic heterocycles. The highest BCUT2D eigenvalue weighted by Crippen LogP contribution is 2.21. The Kier molecular flexibility index (Phi) is 5.89. The molecule has 1 amide bonds. The Hall–Kier alpha value is -3.54. The number of nitrogens with zero attached hydrogens (tertiary/aromatic N) is 1. The second-order valence-electron chi connectivity index (χ2n) is 5.61. The molecule has 0 radical (unpaired) electrons. The van der Waals surface area contributed by atoms with Gasteiger partial charge in [0.2, 0.25) is 0 Å². The van der Waals surface area contributed by atoms with Crippen molar-refractivity contribution < 1.29 is 18.3 Å². The molecule has 0 saturated heterocycles. The van der Waals surface area contributed by atoms with Crippen LogP contribution in [0.3, 0.4) is 0 Å². The first-order chi connectivity index (χ1) is 13.1. The Bertz CT molecular complexity index is 922. The van der Waals surface area contributed by atoms with Crippen LogP contribution in [0, 0.1) is 11.6 Å². The van der Waals surface area contributed by atoms with Gasteiger partial charge in [0.15, 0.2) is 6.61 Å². The van der Waals surface area contributed by atoms with Gasteiger partial charge < -0.3 is 4.74 Å². The summed E-state index contributed by atoms with van der Waals surface area (Å²) in [6, 6.07) is 20.6. The summed E-state index contributed by atoms with van der Waals surface area (Å²) in [4.78, 5) is 11.7. The first-order valence-corrected chi connectivity index (χ1v) is 8.17. The SMILES string of the molecule is O=C(COc1ccc(-c2ccccc2)cc1)N/N=C/c1c(F)cccc1F. The van der Waals surface area contributed by atoms with Gasteiger partial charge in [-0.05, 0) is 35.4 Å². The molecular weight excluding hydrogens is 350 g/mol. The van der Waals surface area contributed by atoms with Crippen LogP contribution in [0.1, 0.15) is 5.56 Å². The van der Waals surface area contributed by atoms with Crippen LogP contribution in [0.25, 0.3) is 11.1 Å². The zero-order valence-corrected chi connectivity index (χ0v) is 14.2. The average Bonchev–Trinajstić information content (AvgIpc) is 2.70. The van der Waals surface area contributed by atoms with Crippen molar-refractivity contribution in [3.8, 4) is 16.9 Å². The minimum Gasteiger partial charge on any atom is -0.484 e. The molecule has 136 valence electrons. The van der Waals surface area contributed by atoms with E-state index in [1.54, 1.807) is 12.1 Å². The number of carbonyl (C=O) groups excluding carboxylic acids is 1. The van der Waals surface area contributed by atoms with Gasteiger partial charge in [0, 0.05) is 0 Å². The predicted octanol–water partition coefficient (Wildman–Crippen LogP) is 4.16. The summed E-state index contributed by atoms with van der Waals surface area (Å²) in [5, 5.41) is 3.54.